The molecule has 0 spiro atoms. The first-order chi connectivity index (χ1) is 23.9. The summed E-state index contributed by atoms with van der Waals surface area (Å²) in [6.45, 7) is 42.1. The van der Waals surface area contributed by atoms with Gasteiger partial charge >= 0.3 is 0 Å². The number of benzene rings is 4. The Balaban J connectivity index is -0.000000909. The molecule has 0 heterocycles. The van der Waals surface area contributed by atoms with Crippen molar-refractivity contribution in [3.8, 4) is 0 Å². The molecule has 0 saturated carbocycles. The van der Waals surface area contributed by atoms with E-state index < -0.39 is 0 Å². The van der Waals surface area contributed by atoms with Crippen LogP contribution in [0.3, 0.4) is 0 Å². The van der Waals surface area contributed by atoms with Crippen molar-refractivity contribution in [3.63, 3.8) is 0 Å². The lowest BCUT2D eigenvalue weighted by molar-refractivity contribution is 1.31. The number of aryl methyl sites for hydroxylation is 5. The van der Waals surface area contributed by atoms with Gasteiger partial charge in [-0.1, -0.05) is 164 Å². The molecule has 4 rings (SSSR count). The van der Waals surface area contributed by atoms with E-state index in [0.717, 1.165) is 0 Å². The molecular formula is C50H76. The largest absolute Gasteiger partial charge is 0.0890 e. The van der Waals surface area contributed by atoms with E-state index >= 15 is 0 Å². The maximum Gasteiger partial charge on any atom is -0.0192 e. The fourth-order valence-electron chi connectivity index (χ4n) is 4.95. The van der Waals surface area contributed by atoms with Crippen LogP contribution in [0.4, 0.5) is 0 Å². The van der Waals surface area contributed by atoms with Crippen LogP contribution in [0.15, 0.2) is 103 Å². The monoisotopic (exact) mass is 677 g/mol. The van der Waals surface area contributed by atoms with E-state index in [-0.39, 0.29) is 0 Å². The van der Waals surface area contributed by atoms with Crippen molar-refractivity contribution in [1.82, 2.24) is 0 Å². The highest BCUT2D eigenvalue weighted by atomic mass is 14.2. The van der Waals surface area contributed by atoms with Gasteiger partial charge in [0.05, 0.1) is 0 Å². The van der Waals surface area contributed by atoms with Crippen LogP contribution in [0.1, 0.15) is 154 Å². The molecule has 0 N–H and O–H groups in total. The molecule has 0 aromatic heterocycles. The molecule has 0 aliphatic carbocycles. The number of hydrogen-bond acceptors (Lipinski definition) is 0. The third kappa shape index (κ3) is 17.7. The number of rotatable bonds is 4. The van der Waals surface area contributed by atoms with E-state index in [4.69, 9.17) is 0 Å². The van der Waals surface area contributed by atoms with E-state index in [1.165, 1.54) is 77.9 Å². The van der Waals surface area contributed by atoms with E-state index in [0.29, 0.717) is 0 Å². The zero-order valence-electron chi connectivity index (χ0n) is 36.2. The van der Waals surface area contributed by atoms with Crippen molar-refractivity contribution in [2.75, 3.05) is 0 Å². The predicted octanol–water partition coefficient (Wildman–Crippen LogP) is 16.9. The second kappa shape index (κ2) is 30.0. The molecule has 276 valence electrons. The maximum absolute atomic E-state index is 2.37. The second-order valence-electron chi connectivity index (χ2n) is 11.6. The Morgan fingerprint density at radius 2 is 0.620 bits per heavy atom. The van der Waals surface area contributed by atoms with E-state index in [1.807, 2.05) is 80.5 Å². The summed E-state index contributed by atoms with van der Waals surface area (Å²) in [7, 11) is 0. The number of hydrogen-bond donors (Lipinski definition) is 0. The quantitative estimate of drug-likeness (QED) is 0.149. The van der Waals surface area contributed by atoms with Crippen LogP contribution in [0.25, 0.3) is 22.3 Å². The van der Waals surface area contributed by atoms with Crippen molar-refractivity contribution >= 4 is 22.3 Å². The van der Waals surface area contributed by atoms with Gasteiger partial charge in [-0.25, -0.2) is 0 Å². The Kier molecular flexibility index (Phi) is 30.3. The normalized spacial score (nSPS) is 10.2. The van der Waals surface area contributed by atoms with Gasteiger partial charge in [0.15, 0.2) is 0 Å². The fraction of sp³-hybridized carbons (Fsp3) is 0.400. The van der Waals surface area contributed by atoms with Crippen LogP contribution in [-0.4, -0.2) is 0 Å². The Morgan fingerprint density at radius 1 is 0.360 bits per heavy atom. The molecule has 0 saturated heterocycles. The van der Waals surface area contributed by atoms with Crippen molar-refractivity contribution < 1.29 is 0 Å². The molecule has 0 fully saturated rings. The first kappa shape index (κ1) is 50.5. The fourth-order valence-corrected chi connectivity index (χ4v) is 4.95. The Bertz CT molecular complexity index is 1460. The number of allylic oxidation sites excluding steroid dienone is 6. The highest BCUT2D eigenvalue weighted by Crippen LogP contribution is 2.34. The maximum atomic E-state index is 2.37. The van der Waals surface area contributed by atoms with Crippen molar-refractivity contribution in [3.05, 3.63) is 153 Å². The molecule has 0 unspecified atom stereocenters. The summed E-state index contributed by atoms with van der Waals surface area (Å²) in [6, 6.07) is 32.3. The molecule has 0 radical (unpaired) electrons. The molecule has 4 aromatic carbocycles. The van der Waals surface area contributed by atoms with Gasteiger partial charge in [-0.2, -0.15) is 0 Å². The molecule has 0 aliphatic rings. The molecule has 0 aliphatic heterocycles. The summed E-state index contributed by atoms with van der Waals surface area (Å²) < 4.78 is 0. The third-order valence-electron chi connectivity index (χ3n) is 8.12. The highest BCUT2D eigenvalue weighted by molar-refractivity contribution is 5.93. The average Bonchev–Trinajstić information content (AvgIpc) is 3.15. The van der Waals surface area contributed by atoms with Gasteiger partial charge in [0.1, 0.15) is 0 Å². The van der Waals surface area contributed by atoms with E-state index in [1.54, 1.807) is 0 Å². The van der Waals surface area contributed by atoms with E-state index in [2.05, 4.69) is 155 Å². The topological polar surface area (TPSA) is 0 Å². The zero-order chi connectivity index (χ0) is 39.4. The first-order valence-corrected chi connectivity index (χ1v) is 19.1. The van der Waals surface area contributed by atoms with Gasteiger partial charge in [0.25, 0.3) is 0 Å². The Hall–Kier alpha value is -3.90. The smallest absolute Gasteiger partial charge is 0.0192 e. The summed E-state index contributed by atoms with van der Waals surface area (Å²) in [4.78, 5) is 0. The molecule has 0 amide bonds. The standard InChI is InChI=1S/C30H34.C7H8.C5H10.4C2H6/c1-19-13-9-11-15-27(19)23(5)25(7)29-17-22(4)30(18-21(29)3)26(8)24(6)28-16-12-10-14-20(28)2;1-7-5-3-2-4-6-7;1-4-5(2)3;4*1-2/h9-18H,1-8H3;2-6H,1H3;4H,1-3H3;4*1-2H3/b25-23+,26-24+;;;;;;. The molecule has 0 heteroatoms. The van der Waals surface area contributed by atoms with Gasteiger partial charge in [-0.15, -0.1) is 0 Å². The Labute approximate surface area is 312 Å². The van der Waals surface area contributed by atoms with E-state index in [9.17, 15) is 0 Å². The third-order valence-corrected chi connectivity index (χ3v) is 8.12. The van der Waals surface area contributed by atoms with Crippen LogP contribution in [0, 0.1) is 34.6 Å². The van der Waals surface area contributed by atoms with Crippen LogP contribution >= 0.6 is 0 Å². The summed E-state index contributed by atoms with van der Waals surface area (Å²) in [5, 5.41) is 0. The molecule has 50 heavy (non-hydrogen) atoms. The van der Waals surface area contributed by atoms with Gasteiger partial charge in [0, 0.05) is 0 Å². The second-order valence-corrected chi connectivity index (χ2v) is 11.6. The minimum absolute atomic E-state index is 1.32. The van der Waals surface area contributed by atoms with Gasteiger partial charge in [-0.3, -0.25) is 0 Å². The Morgan fingerprint density at radius 3 is 0.860 bits per heavy atom. The lowest BCUT2D eigenvalue weighted by Crippen LogP contribution is -1.97. The molecule has 0 nitrogen and oxygen atoms in total. The molecule has 0 atom stereocenters. The minimum Gasteiger partial charge on any atom is -0.0890 e. The minimum atomic E-state index is 1.32. The molecule has 0 bridgehead atoms. The molecular weight excluding hydrogens is 601 g/mol. The lowest BCUT2D eigenvalue weighted by atomic mass is 9.87. The van der Waals surface area contributed by atoms with Gasteiger partial charge in [-0.05, 0) is 150 Å². The predicted molar refractivity (Wildman–Crippen MR) is 236 cm³/mol. The van der Waals surface area contributed by atoms with Crippen LogP contribution in [0.5, 0.6) is 0 Å². The summed E-state index contributed by atoms with van der Waals surface area (Å²) in [6.07, 6.45) is 2.08. The summed E-state index contributed by atoms with van der Waals surface area (Å²) in [5.74, 6) is 0. The van der Waals surface area contributed by atoms with Crippen LogP contribution < -0.4 is 0 Å². The van der Waals surface area contributed by atoms with Crippen LogP contribution in [0.2, 0.25) is 0 Å². The van der Waals surface area contributed by atoms with Crippen molar-refractivity contribution in [1.29, 1.82) is 0 Å². The molecule has 4 aromatic rings. The SMILES string of the molecule is C/C(=C(/C)c1cc(C)c(/C(C)=C(\C)c2ccccc2C)cc1C)c1ccccc1C.CC.CC.CC.CC.CC=C(C)C.Cc1ccccc1. The summed E-state index contributed by atoms with van der Waals surface area (Å²) in [5.41, 5.74) is 18.8. The average molecular weight is 677 g/mol. The van der Waals surface area contributed by atoms with Crippen molar-refractivity contribution in [2.45, 2.75) is 138 Å². The van der Waals surface area contributed by atoms with Gasteiger partial charge < -0.3 is 0 Å². The lowest BCUT2D eigenvalue weighted by Gasteiger charge is -2.18. The van der Waals surface area contributed by atoms with Gasteiger partial charge in [0.2, 0.25) is 0 Å². The first-order valence-electron chi connectivity index (χ1n) is 19.1. The zero-order valence-corrected chi connectivity index (χ0v) is 36.2. The van der Waals surface area contributed by atoms with Crippen LogP contribution in [-0.2, 0) is 0 Å². The van der Waals surface area contributed by atoms with Crippen molar-refractivity contribution in [2.24, 2.45) is 0 Å². The summed E-state index contributed by atoms with van der Waals surface area (Å²) >= 11 is 0. The highest BCUT2D eigenvalue weighted by Gasteiger charge is 2.13.